The molecule has 1 atom stereocenters. The fourth-order valence-corrected chi connectivity index (χ4v) is 1.72. The van der Waals surface area contributed by atoms with Crippen LogP contribution < -0.4 is 10.5 Å². The number of nitrogens with two attached hydrogens (primary N) is 1. The van der Waals surface area contributed by atoms with Gasteiger partial charge in [0.05, 0.1) is 6.61 Å². The number of halogens is 1. The molecule has 0 bridgehead atoms. The second-order valence-electron chi connectivity index (χ2n) is 4.07. The first-order valence-electron chi connectivity index (χ1n) is 6.44. The molecule has 5 heteroatoms. The third kappa shape index (κ3) is 4.21. The van der Waals surface area contributed by atoms with E-state index in [2.05, 4.69) is 0 Å². The van der Waals surface area contributed by atoms with Crippen LogP contribution in [0, 0.1) is 5.82 Å². The second-order valence-corrected chi connectivity index (χ2v) is 4.07. The first kappa shape index (κ1) is 15.4. The molecule has 1 aromatic carbocycles. The van der Waals surface area contributed by atoms with Crippen LogP contribution >= 0.6 is 0 Å². The molecule has 0 saturated carbocycles. The molecule has 1 aromatic rings. The van der Waals surface area contributed by atoms with Gasteiger partial charge in [-0.25, -0.2) is 9.18 Å². The van der Waals surface area contributed by atoms with E-state index in [1.807, 2.05) is 6.92 Å². The molecule has 0 spiro atoms. The quantitative estimate of drug-likeness (QED) is 0.772. The van der Waals surface area contributed by atoms with Crippen molar-refractivity contribution in [3.63, 3.8) is 0 Å². The van der Waals surface area contributed by atoms with Crippen LogP contribution in [-0.2, 0) is 16.1 Å². The van der Waals surface area contributed by atoms with Gasteiger partial charge >= 0.3 is 5.97 Å². The molecule has 0 radical (unpaired) electrons. The van der Waals surface area contributed by atoms with Crippen molar-refractivity contribution in [1.29, 1.82) is 0 Å². The molecule has 0 aliphatic carbocycles. The minimum absolute atomic E-state index is 0.0175. The van der Waals surface area contributed by atoms with E-state index in [-0.39, 0.29) is 18.7 Å². The lowest BCUT2D eigenvalue weighted by Crippen LogP contribution is -2.30. The molecule has 19 heavy (non-hydrogen) atoms. The molecule has 2 N–H and O–H groups in total. The van der Waals surface area contributed by atoms with E-state index in [1.54, 1.807) is 13.0 Å². The molecule has 106 valence electrons. The summed E-state index contributed by atoms with van der Waals surface area (Å²) in [7, 11) is 0. The molecule has 0 aliphatic rings. The molecule has 0 heterocycles. The molecule has 1 rings (SSSR count). The number of hydrogen-bond acceptors (Lipinski definition) is 4. The Bertz CT molecular complexity index is 423. The highest BCUT2D eigenvalue weighted by atomic mass is 19.1. The van der Waals surface area contributed by atoms with Crippen LogP contribution in [0.5, 0.6) is 5.75 Å². The predicted octanol–water partition coefficient (Wildman–Crippen LogP) is 2.40. The van der Waals surface area contributed by atoms with Crippen LogP contribution in [0.25, 0.3) is 0 Å². The van der Waals surface area contributed by atoms with Crippen molar-refractivity contribution >= 4 is 5.97 Å². The highest BCUT2D eigenvalue weighted by Crippen LogP contribution is 2.23. The minimum Gasteiger partial charge on any atom is -0.478 e. The highest BCUT2D eigenvalue weighted by Gasteiger charge is 2.22. The van der Waals surface area contributed by atoms with Crippen LogP contribution in [0.15, 0.2) is 18.2 Å². The standard InChI is InChI=1S/C14H20FNO3/c1-3-6-13(14(17)18-4-2)19-12-8-5-7-11(15)10(12)9-16/h5,7-8,13H,3-4,6,9,16H2,1-2H3. The minimum atomic E-state index is -0.725. The lowest BCUT2D eigenvalue weighted by Gasteiger charge is -2.19. The topological polar surface area (TPSA) is 61.5 Å². The lowest BCUT2D eigenvalue weighted by atomic mass is 10.1. The maximum absolute atomic E-state index is 13.6. The average Bonchev–Trinajstić information content (AvgIpc) is 2.38. The van der Waals surface area contributed by atoms with E-state index >= 15 is 0 Å². The number of esters is 1. The van der Waals surface area contributed by atoms with E-state index < -0.39 is 17.9 Å². The zero-order valence-electron chi connectivity index (χ0n) is 11.3. The molecule has 0 saturated heterocycles. The molecular formula is C14H20FNO3. The molecule has 0 aliphatic heterocycles. The number of hydrogen-bond donors (Lipinski definition) is 1. The van der Waals surface area contributed by atoms with Crippen LogP contribution in [-0.4, -0.2) is 18.7 Å². The van der Waals surface area contributed by atoms with Gasteiger partial charge in [0.15, 0.2) is 6.10 Å². The first-order valence-corrected chi connectivity index (χ1v) is 6.44. The van der Waals surface area contributed by atoms with Gasteiger partial charge in [-0.15, -0.1) is 0 Å². The summed E-state index contributed by atoms with van der Waals surface area (Å²) in [4.78, 5) is 11.7. The average molecular weight is 269 g/mol. The van der Waals surface area contributed by atoms with Crippen molar-refractivity contribution in [2.45, 2.75) is 39.3 Å². The Labute approximate surface area is 112 Å². The van der Waals surface area contributed by atoms with Crippen molar-refractivity contribution in [2.75, 3.05) is 6.61 Å². The van der Waals surface area contributed by atoms with Gasteiger partial charge in [-0.1, -0.05) is 19.4 Å². The van der Waals surface area contributed by atoms with Crippen molar-refractivity contribution in [2.24, 2.45) is 5.73 Å². The summed E-state index contributed by atoms with van der Waals surface area (Å²) in [5.74, 6) is -0.565. The summed E-state index contributed by atoms with van der Waals surface area (Å²) >= 11 is 0. The van der Waals surface area contributed by atoms with Crippen LogP contribution in [0.4, 0.5) is 4.39 Å². The summed E-state index contributed by atoms with van der Waals surface area (Å²) in [6.07, 6.45) is 0.549. The van der Waals surface area contributed by atoms with Crippen molar-refractivity contribution in [3.8, 4) is 5.75 Å². The van der Waals surface area contributed by atoms with E-state index in [9.17, 15) is 9.18 Å². The van der Waals surface area contributed by atoms with Gasteiger partial charge in [-0.2, -0.15) is 0 Å². The third-order valence-electron chi connectivity index (χ3n) is 2.65. The first-order chi connectivity index (χ1) is 9.13. The molecule has 0 fully saturated rings. The van der Waals surface area contributed by atoms with Crippen LogP contribution in [0.1, 0.15) is 32.3 Å². The van der Waals surface area contributed by atoms with Crippen molar-refractivity contribution in [3.05, 3.63) is 29.6 Å². The summed E-state index contributed by atoms with van der Waals surface area (Å²) in [6.45, 7) is 3.97. The van der Waals surface area contributed by atoms with Gasteiger partial charge in [0, 0.05) is 12.1 Å². The van der Waals surface area contributed by atoms with E-state index in [1.165, 1.54) is 12.1 Å². The Kier molecular flexibility index (Phi) is 6.29. The smallest absolute Gasteiger partial charge is 0.347 e. The monoisotopic (exact) mass is 269 g/mol. The van der Waals surface area contributed by atoms with E-state index in [4.69, 9.17) is 15.2 Å². The number of carbonyl (C=O) groups excluding carboxylic acids is 1. The SMILES string of the molecule is CCCC(Oc1cccc(F)c1CN)C(=O)OCC. The lowest BCUT2D eigenvalue weighted by molar-refractivity contribution is -0.151. The summed E-state index contributed by atoms with van der Waals surface area (Å²) in [6, 6.07) is 4.44. The Hall–Kier alpha value is -1.62. The number of benzene rings is 1. The zero-order chi connectivity index (χ0) is 14.3. The molecule has 0 aromatic heterocycles. The van der Waals surface area contributed by atoms with Gasteiger partial charge in [0.2, 0.25) is 0 Å². The third-order valence-corrected chi connectivity index (χ3v) is 2.65. The molecule has 4 nitrogen and oxygen atoms in total. The van der Waals surface area contributed by atoms with Gasteiger partial charge in [0.25, 0.3) is 0 Å². The van der Waals surface area contributed by atoms with E-state index in [0.29, 0.717) is 12.2 Å². The summed E-state index contributed by atoms with van der Waals surface area (Å²) in [5, 5.41) is 0. The summed E-state index contributed by atoms with van der Waals surface area (Å²) < 4.78 is 24.1. The van der Waals surface area contributed by atoms with Crippen LogP contribution in [0.3, 0.4) is 0 Å². The maximum Gasteiger partial charge on any atom is 0.347 e. The van der Waals surface area contributed by atoms with Gasteiger partial charge < -0.3 is 15.2 Å². The van der Waals surface area contributed by atoms with Gasteiger partial charge in [0.1, 0.15) is 11.6 Å². The van der Waals surface area contributed by atoms with Crippen molar-refractivity contribution in [1.82, 2.24) is 0 Å². The normalized spacial score (nSPS) is 12.0. The highest BCUT2D eigenvalue weighted by molar-refractivity contribution is 5.75. The van der Waals surface area contributed by atoms with Crippen LogP contribution in [0.2, 0.25) is 0 Å². The Morgan fingerprint density at radius 2 is 2.16 bits per heavy atom. The van der Waals surface area contributed by atoms with E-state index in [0.717, 1.165) is 6.42 Å². The predicted molar refractivity (Wildman–Crippen MR) is 70.2 cm³/mol. The fraction of sp³-hybridized carbons (Fsp3) is 0.500. The molecule has 1 unspecified atom stereocenters. The number of rotatable bonds is 7. The zero-order valence-corrected chi connectivity index (χ0v) is 11.3. The fourth-order valence-electron chi connectivity index (χ4n) is 1.72. The maximum atomic E-state index is 13.6. The van der Waals surface area contributed by atoms with Gasteiger partial charge in [-0.3, -0.25) is 0 Å². The molecule has 0 amide bonds. The Morgan fingerprint density at radius 3 is 2.74 bits per heavy atom. The summed E-state index contributed by atoms with van der Waals surface area (Å²) in [5.41, 5.74) is 5.77. The molecular weight excluding hydrogens is 249 g/mol. The Morgan fingerprint density at radius 1 is 1.42 bits per heavy atom. The Balaban J connectivity index is 2.90. The number of ether oxygens (including phenoxy) is 2. The second kappa shape index (κ2) is 7.74. The van der Waals surface area contributed by atoms with Crippen molar-refractivity contribution < 1.29 is 18.7 Å². The van der Waals surface area contributed by atoms with Gasteiger partial charge in [-0.05, 0) is 25.5 Å². The largest absolute Gasteiger partial charge is 0.478 e. The number of carbonyl (C=O) groups is 1.